The predicted molar refractivity (Wildman–Crippen MR) is 174 cm³/mol. The Hall–Kier alpha value is -4.81. The molecule has 8 nitrogen and oxygen atoms in total. The summed E-state index contributed by atoms with van der Waals surface area (Å²) < 4.78 is 7.16. The Balaban J connectivity index is 1.16. The summed E-state index contributed by atoms with van der Waals surface area (Å²) in [6.45, 7) is 2.60. The SMILES string of the molecule is N#CC1(c2ccccc2)CCN(C(=O)c2cc(C(=O)N3CCCCC3)c3cc(OCc4nc5ccccc5s4)ncc3c2)CC1. The van der Waals surface area contributed by atoms with Crippen LogP contribution in [-0.4, -0.2) is 57.8 Å². The van der Waals surface area contributed by atoms with E-state index >= 15 is 0 Å². The number of amides is 2. The average Bonchev–Trinajstić information content (AvgIpc) is 3.53. The van der Waals surface area contributed by atoms with Gasteiger partial charge in [0.15, 0.2) is 0 Å². The summed E-state index contributed by atoms with van der Waals surface area (Å²) in [4.78, 5) is 40.7. The van der Waals surface area contributed by atoms with Crippen LogP contribution in [0.2, 0.25) is 0 Å². The van der Waals surface area contributed by atoms with Crippen molar-refractivity contribution in [2.24, 2.45) is 0 Å². The molecule has 7 rings (SSSR count). The van der Waals surface area contributed by atoms with Crippen LogP contribution in [0.25, 0.3) is 21.0 Å². The molecule has 0 aliphatic carbocycles. The van der Waals surface area contributed by atoms with E-state index < -0.39 is 5.41 Å². The standard InChI is InChI=1S/C36H33N5O3S/c37-24-36(27-9-3-1-4-10-27)13-17-41(18-14-36)34(42)25-19-26-22-38-32(44-23-33-39-30-11-5-6-12-31(30)45-33)21-28(26)29(20-25)35(43)40-15-7-2-8-16-40/h1,3-6,9-12,19-22H,2,7-8,13-18,23H2. The number of carbonyl (C=O) groups excluding carboxylic acids is 2. The van der Waals surface area contributed by atoms with Crippen molar-refractivity contribution in [2.75, 3.05) is 26.2 Å². The number of hydrogen-bond acceptors (Lipinski definition) is 7. The van der Waals surface area contributed by atoms with Crippen molar-refractivity contribution in [2.45, 2.75) is 44.1 Å². The minimum Gasteiger partial charge on any atom is -0.470 e. The van der Waals surface area contributed by atoms with Gasteiger partial charge in [0.25, 0.3) is 11.8 Å². The van der Waals surface area contributed by atoms with Crippen LogP contribution >= 0.6 is 11.3 Å². The van der Waals surface area contributed by atoms with E-state index in [4.69, 9.17) is 4.74 Å². The van der Waals surface area contributed by atoms with Crippen LogP contribution in [0.15, 0.2) is 79.0 Å². The molecule has 226 valence electrons. The highest BCUT2D eigenvalue weighted by Gasteiger charge is 2.38. The molecule has 2 aliphatic heterocycles. The van der Waals surface area contributed by atoms with Crippen LogP contribution in [0.3, 0.4) is 0 Å². The number of likely N-dealkylation sites (tertiary alicyclic amines) is 2. The highest BCUT2D eigenvalue weighted by molar-refractivity contribution is 7.18. The summed E-state index contributed by atoms with van der Waals surface area (Å²) in [5, 5.41) is 12.4. The highest BCUT2D eigenvalue weighted by Crippen LogP contribution is 2.36. The summed E-state index contributed by atoms with van der Waals surface area (Å²) in [6.07, 6.45) is 5.84. The molecule has 0 atom stereocenters. The fraction of sp³-hybridized carbons (Fsp3) is 0.306. The Morgan fingerprint density at radius 1 is 0.889 bits per heavy atom. The molecule has 5 aromatic rings. The van der Waals surface area contributed by atoms with E-state index in [2.05, 4.69) is 16.0 Å². The lowest BCUT2D eigenvalue weighted by Crippen LogP contribution is -2.44. The number of fused-ring (bicyclic) bond motifs is 2. The van der Waals surface area contributed by atoms with E-state index in [9.17, 15) is 14.9 Å². The summed E-state index contributed by atoms with van der Waals surface area (Å²) in [5.74, 6) is 0.183. The van der Waals surface area contributed by atoms with Gasteiger partial charge in [-0.2, -0.15) is 5.26 Å². The van der Waals surface area contributed by atoms with Gasteiger partial charge < -0.3 is 14.5 Å². The van der Waals surface area contributed by atoms with Gasteiger partial charge in [0.2, 0.25) is 5.88 Å². The predicted octanol–water partition coefficient (Wildman–Crippen LogP) is 6.75. The van der Waals surface area contributed by atoms with Crippen LogP contribution in [0.5, 0.6) is 5.88 Å². The highest BCUT2D eigenvalue weighted by atomic mass is 32.1. The maximum atomic E-state index is 13.9. The molecule has 2 aliphatic rings. The molecule has 45 heavy (non-hydrogen) atoms. The van der Waals surface area contributed by atoms with Crippen molar-refractivity contribution in [1.29, 1.82) is 5.26 Å². The third kappa shape index (κ3) is 5.74. The summed E-state index contributed by atoms with van der Waals surface area (Å²) in [5.41, 5.74) is 2.26. The van der Waals surface area contributed by atoms with Crippen molar-refractivity contribution in [3.63, 3.8) is 0 Å². The van der Waals surface area contributed by atoms with Crippen LogP contribution < -0.4 is 4.74 Å². The van der Waals surface area contributed by atoms with E-state index in [0.29, 0.717) is 66.8 Å². The number of rotatable bonds is 6. The van der Waals surface area contributed by atoms with Crippen molar-refractivity contribution in [3.05, 3.63) is 101 Å². The first-order valence-electron chi connectivity index (χ1n) is 15.5. The van der Waals surface area contributed by atoms with Crippen molar-refractivity contribution < 1.29 is 14.3 Å². The maximum Gasteiger partial charge on any atom is 0.254 e. The lowest BCUT2D eigenvalue weighted by Gasteiger charge is -2.37. The van der Waals surface area contributed by atoms with Crippen LogP contribution in [-0.2, 0) is 12.0 Å². The summed E-state index contributed by atoms with van der Waals surface area (Å²) >= 11 is 1.58. The van der Waals surface area contributed by atoms with Gasteiger partial charge in [-0.3, -0.25) is 9.59 Å². The first-order chi connectivity index (χ1) is 22.0. The number of para-hydroxylation sites is 1. The number of benzene rings is 3. The normalized spacial score (nSPS) is 16.4. The smallest absolute Gasteiger partial charge is 0.254 e. The minimum atomic E-state index is -0.609. The Bertz CT molecular complexity index is 1890. The van der Waals surface area contributed by atoms with Crippen molar-refractivity contribution in [1.82, 2.24) is 19.8 Å². The van der Waals surface area contributed by atoms with E-state index in [1.165, 1.54) is 0 Å². The van der Waals surface area contributed by atoms with E-state index in [0.717, 1.165) is 40.1 Å². The first kappa shape index (κ1) is 28.9. The van der Waals surface area contributed by atoms with Gasteiger partial charge in [-0.25, -0.2) is 9.97 Å². The topological polar surface area (TPSA) is 99.4 Å². The lowest BCUT2D eigenvalue weighted by atomic mass is 9.74. The Labute approximate surface area is 265 Å². The van der Waals surface area contributed by atoms with Crippen LogP contribution in [0.1, 0.15) is 63.4 Å². The molecule has 0 bridgehead atoms. The Kier molecular flexibility index (Phi) is 7.90. The number of carbonyl (C=O) groups is 2. The fourth-order valence-electron chi connectivity index (χ4n) is 6.50. The molecule has 0 saturated carbocycles. The number of pyridine rings is 1. The number of hydrogen-bond donors (Lipinski definition) is 0. The second kappa shape index (κ2) is 12.3. The van der Waals surface area contributed by atoms with Gasteiger partial charge in [0, 0.05) is 60.3 Å². The number of thiazole rings is 1. The molecule has 3 aromatic carbocycles. The van der Waals surface area contributed by atoms with Gasteiger partial charge in [-0.15, -0.1) is 11.3 Å². The number of nitrogens with zero attached hydrogens (tertiary/aromatic N) is 5. The molecule has 0 N–H and O–H groups in total. The number of nitriles is 1. The molecule has 2 aromatic heterocycles. The molecular formula is C36H33N5O3S. The number of ether oxygens (including phenoxy) is 1. The van der Waals surface area contributed by atoms with Crippen molar-refractivity contribution in [3.8, 4) is 11.9 Å². The van der Waals surface area contributed by atoms with E-state index in [1.807, 2.05) is 65.6 Å². The molecule has 2 amide bonds. The monoisotopic (exact) mass is 615 g/mol. The van der Waals surface area contributed by atoms with Gasteiger partial charge in [0.1, 0.15) is 11.6 Å². The second-order valence-electron chi connectivity index (χ2n) is 11.8. The molecule has 2 saturated heterocycles. The Morgan fingerprint density at radius 3 is 2.38 bits per heavy atom. The van der Waals surface area contributed by atoms with Crippen LogP contribution in [0.4, 0.5) is 0 Å². The van der Waals surface area contributed by atoms with Gasteiger partial charge in [-0.1, -0.05) is 42.5 Å². The lowest BCUT2D eigenvalue weighted by molar-refractivity contribution is 0.0692. The molecule has 9 heteroatoms. The number of piperidine rings is 2. The molecule has 0 unspecified atom stereocenters. The third-order valence-corrected chi connectivity index (χ3v) is 10.1. The minimum absolute atomic E-state index is 0.0797. The third-order valence-electron chi connectivity index (χ3n) is 9.06. The number of aromatic nitrogens is 2. The zero-order chi connectivity index (χ0) is 30.8. The summed E-state index contributed by atoms with van der Waals surface area (Å²) in [6, 6.07) is 25.7. The fourth-order valence-corrected chi connectivity index (χ4v) is 7.38. The Morgan fingerprint density at radius 2 is 1.62 bits per heavy atom. The van der Waals surface area contributed by atoms with Gasteiger partial charge >= 0.3 is 0 Å². The average molecular weight is 616 g/mol. The molecular weight excluding hydrogens is 582 g/mol. The van der Waals surface area contributed by atoms with Crippen molar-refractivity contribution >= 4 is 44.1 Å². The molecule has 0 radical (unpaired) electrons. The quantitative estimate of drug-likeness (QED) is 0.210. The van der Waals surface area contributed by atoms with E-state index in [-0.39, 0.29) is 18.4 Å². The van der Waals surface area contributed by atoms with Gasteiger partial charge in [-0.05, 0) is 61.9 Å². The van der Waals surface area contributed by atoms with E-state index in [1.54, 1.807) is 34.6 Å². The molecule has 2 fully saturated rings. The summed E-state index contributed by atoms with van der Waals surface area (Å²) in [7, 11) is 0. The zero-order valence-electron chi connectivity index (χ0n) is 24.9. The maximum absolute atomic E-state index is 13.9. The molecule has 0 spiro atoms. The largest absolute Gasteiger partial charge is 0.470 e. The van der Waals surface area contributed by atoms with Gasteiger partial charge in [0.05, 0.1) is 21.7 Å². The first-order valence-corrected chi connectivity index (χ1v) is 16.3. The zero-order valence-corrected chi connectivity index (χ0v) is 25.8. The van der Waals surface area contributed by atoms with Crippen LogP contribution in [0, 0.1) is 11.3 Å². The second-order valence-corrected chi connectivity index (χ2v) is 13.0. The molecule has 4 heterocycles.